The number of aromatic nitrogens is 4. The van der Waals surface area contributed by atoms with Crippen LogP contribution in [0.2, 0.25) is 0 Å². The molecule has 2 aromatic rings. The van der Waals surface area contributed by atoms with E-state index in [0.29, 0.717) is 10.4 Å². The summed E-state index contributed by atoms with van der Waals surface area (Å²) in [7, 11) is 0. The molecule has 96 valence electrons. The van der Waals surface area contributed by atoms with Crippen LogP contribution in [0.4, 0.5) is 5.95 Å². The van der Waals surface area contributed by atoms with Crippen molar-refractivity contribution in [1.29, 1.82) is 0 Å². The number of rotatable bonds is 1. The average Bonchev–Trinajstić information content (AvgIpc) is 2.67. The summed E-state index contributed by atoms with van der Waals surface area (Å²) in [4.78, 5) is 18.2. The number of fused-ring (bicyclic) bond motifs is 1. The molecule has 0 saturated heterocycles. The Kier molecular flexibility index (Phi) is 2.46. The van der Waals surface area contributed by atoms with E-state index in [1.54, 1.807) is 4.57 Å². The van der Waals surface area contributed by atoms with Gasteiger partial charge in [-0.25, -0.2) is 9.30 Å². The van der Waals surface area contributed by atoms with Crippen LogP contribution in [0, 0.1) is 5.21 Å². The largest absolute Gasteiger partial charge is 0.710 e. The van der Waals surface area contributed by atoms with Crippen molar-refractivity contribution in [1.82, 2.24) is 14.5 Å². The Bertz CT molecular complexity index is 639. The highest BCUT2D eigenvalue weighted by Crippen LogP contribution is 2.29. The molecule has 0 radical (unpaired) electrons. The minimum Gasteiger partial charge on any atom is -0.710 e. The molecule has 0 bridgehead atoms. The molecule has 0 atom stereocenters. The monoisotopic (exact) mass is 249 g/mol. The summed E-state index contributed by atoms with van der Waals surface area (Å²) in [6.45, 7) is 0. The summed E-state index contributed by atoms with van der Waals surface area (Å²) in [6.07, 6.45) is 6.94. The van der Waals surface area contributed by atoms with Crippen molar-refractivity contribution >= 4 is 17.1 Å². The first kappa shape index (κ1) is 11.1. The highest BCUT2D eigenvalue weighted by Gasteiger charge is 2.26. The molecule has 18 heavy (non-hydrogen) atoms. The van der Waals surface area contributed by atoms with E-state index in [-0.39, 0.29) is 17.5 Å². The van der Waals surface area contributed by atoms with Crippen LogP contribution < -0.4 is 16.0 Å². The number of nitrogens with two attached hydrogens (primary N) is 1. The van der Waals surface area contributed by atoms with Gasteiger partial charge in [0.25, 0.3) is 11.2 Å². The Hall–Kier alpha value is -2.05. The Morgan fingerprint density at radius 1 is 1.44 bits per heavy atom. The van der Waals surface area contributed by atoms with E-state index in [1.807, 2.05) is 0 Å². The first-order valence-corrected chi connectivity index (χ1v) is 6.16. The fraction of sp³-hybridized carbons (Fsp3) is 0.545. The van der Waals surface area contributed by atoms with Gasteiger partial charge in [0.2, 0.25) is 12.3 Å². The Labute approximate surface area is 103 Å². The smallest absolute Gasteiger partial charge is 0.304 e. The van der Waals surface area contributed by atoms with Crippen molar-refractivity contribution in [2.24, 2.45) is 0 Å². The normalized spacial score (nSPS) is 17.3. The number of nitrogen functional groups attached to an aromatic ring is 1. The summed E-state index contributed by atoms with van der Waals surface area (Å²) in [5, 5.41) is 11.8. The lowest BCUT2D eigenvalue weighted by Crippen LogP contribution is -2.30. The van der Waals surface area contributed by atoms with Crippen LogP contribution in [-0.2, 0) is 0 Å². The minimum absolute atomic E-state index is 0.0368. The van der Waals surface area contributed by atoms with Crippen LogP contribution in [0.1, 0.15) is 38.1 Å². The van der Waals surface area contributed by atoms with Crippen molar-refractivity contribution < 1.29 is 4.73 Å². The van der Waals surface area contributed by atoms with Gasteiger partial charge in [0.15, 0.2) is 0 Å². The number of anilines is 1. The van der Waals surface area contributed by atoms with Gasteiger partial charge in [-0.1, -0.05) is 6.42 Å². The second kappa shape index (κ2) is 4.01. The maximum absolute atomic E-state index is 11.8. The van der Waals surface area contributed by atoms with E-state index in [4.69, 9.17) is 5.73 Å². The van der Waals surface area contributed by atoms with Crippen LogP contribution >= 0.6 is 0 Å². The third-order valence-corrected chi connectivity index (χ3v) is 3.56. The first-order chi connectivity index (χ1) is 8.66. The van der Waals surface area contributed by atoms with Gasteiger partial charge < -0.3 is 10.9 Å². The number of hydrogen-bond donors (Lipinski definition) is 2. The van der Waals surface area contributed by atoms with Gasteiger partial charge in [-0.05, 0) is 25.7 Å². The van der Waals surface area contributed by atoms with E-state index in [0.717, 1.165) is 25.7 Å². The standard InChI is InChI=1S/C11H15N5O2/c12-11-13-9-8(10(17)14-11)16(18)6-15(9)7-4-2-1-3-5-7/h6-7H,1-5H2,(H3,12,13,14,17). The predicted octanol–water partition coefficient (Wildman–Crippen LogP) is 0.445. The number of imidazole rings is 1. The molecule has 1 aliphatic carbocycles. The number of nitrogens with one attached hydrogen (secondary N) is 1. The van der Waals surface area contributed by atoms with Gasteiger partial charge in [-0.3, -0.25) is 9.78 Å². The lowest BCUT2D eigenvalue weighted by molar-refractivity contribution is -0.578. The molecular weight excluding hydrogens is 234 g/mol. The minimum atomic E-state index is -0.484. The third kappa shape index (κ3) is 1.62. The zero-order chi connectivity index (χ0) is 12.7. The first-order valence-electron chi connectivity index (χ1n) is 6.16. The van der Waals surface area contributed by atoms with E-state index < -0.39 is 5.56 Å². The molecule has 0 amide bonds. The quantitative estimate of drug-likeness (QED) is 0.565. The van der Waals surface area contributed by atoms with E-state index in [9.17, 15) is 10.0 Å². The van der Waals surface area contributed by atoms with Gasteiger partial charge in [0, 0.05) is 0 Å². The molecule has 2 heterocycles. The van der Waals surface area contributed by atoms with Crippen molar-refractivity contribution in [2.45, 2.75) is 38.1 Å². The summed E-state index contributed by atoms with van der Waals surface area (Å²) >= 11 is 0. The number of hydrogen-bond acceptors (Lipinski definition) is 4. The van der Waals surface area contributed by atoms with Crippen LogP contribution in [-0.4, -0.2) is 14.5 Å². The SMILES string of the molecule is Nc1nc2c(c(=O)[nH]1)[n+]([O-])cn2C1CCCCC1. The number of aromatic amines is 1. The fourth-order valence-corrected chi connectivity index (χ4v) is 2.70. The molecule has 0 aromatic carbocycles. The van der Waals surface area contributed by atoms with Gasteiger partial charge in [-0.2, -0.15) is 4.98 Å². The zero-order valence-electron chi connectivity index (χ0n) is 9.93. The lowest BCUT2D eigenvalue weighted by atomic mass is 9.95. The third-order valence-electron chi connectivity index (χ3n) is 3.56. The van der Waals surface area contributed by atoms with Gasteiger partial charge >= 0.3 is 5.56 Å². The molecule has 1 aliphatic rings. The molecule has 3 N–H and O–H groups in total. The molecule has 7 heteroatoms. The Morgan fingerprint density at radius 2 is 2.17 bits per heavy atom. The summed E-state index contributed by atoms with van der Waals surface area (Å²) in [5.74, 6) is 0.0447. The molecule has 2 aromatic heterocycles. The van der Waals surface area contributed by atoms with Crippen molar-refractivity contribution in [2.75, 3.05) is 5.73 Å². The van der Waals surface area contributed by atoms with Crippen molar-refractivity contribution in [3.8, 4) is 0 Å². The van der Waals surface area contributed by atoms with Crippen LogP contribution in [0.15, 0.2) is 11.1 Å². The maximum atomic E-state index is 11.8. The van der Waals surface area contributed by atoms with E-state index in [1.165, 1.54) is 12.7 Å². The number of nitrogens with zero attached hydrogens (tertiary/aromatic N) is 3. The molecule has 0 spiro atoms. The second-order valence-electron chi connectivity index (χ2n) is 4.76. The van der Waals surface area contributed by atoms with Crippen LogP contribution in [0.5, 0.6) is 0 Å². The lowest BCUT2D eigenvalue weighted by Gasteiger charge is -2.18. The second-order valence-corrected chi connectivity index (χ2v) is 4.76. The Morgan fingerprint density at radius 3 is 2.89 bits per heavy atom. The highest BCUT2D eigenvalue weighted by atomic mass is 16.5. The van der Waals surface area contributed by atoms with Crippen molar-refractivity contribution in [3.63, 3.8) is 0 Å². The van der Waals surface area contributed by atoms with E-state index >= 15 is 0 Å². The van der Waals surface area contributed by atoms with E-state index in [2.05, 4.69) is 9.97 Å². The zero-order valence-corrected chi connectivity index (χ0v) is 9.93. The summed E-state index contributed by atoms with van der Waals surface area (Å²) in [5.41, 5.74) is 5.48. The van der Waals surface area contributed by atoms with Gasteiger partial charge in [0.05, 0.1) is 0 Å². The highest BCUT2D eigenvalue weighted by molar-refractivity contribution is 5.67. The Balaban J connectivity index is 2.20. The number of H-pyrrole nitrogens is 1. The molecule has 3 rings (SSSR count). The summed E-state index contributed by atoms with van der Waals surface area (Å²) in [6, 6.07) is 0.241. The van der Waals surface area contributed by atoms with Crippen LogP contribution in [0.3, 0.4) is 0 Å². The predicted molar refractivity (Wildman–Crippen MR) is 65.8 cm³/mol. The molecule has 0 unspecified atom stereocenters. The van der Waals surface area contributed by atoms with Crippen LogP contribution in [0.25, 0.3) is 11.2 Å². The summed E-state index contributed by atoms with van der Waals surface area (Å²) < 4.78 is 2.38. The molecule has 7 nitrogen and oxygen atoms in total. The molecule has 1 fully saturated rings. The van der Waals surface area contributed by atoms with Gasteiger partial charge in [-0.15, -0.1) is 0 Å². The average molecular weight is 249 g/mol. The molecule has 0 aliphatic heterocycles. The van der Waals surface area contributed by atoms with Gasteiger partial charge in [0.1, 0.15) is 6.04 Å². The molecule has 1 saturated carbocycles. The topological polar surface area (TPSA) is 104 Å². The van der Waals surface area contributed by atoms with Crippen molar-refractivity contribution in [3.05, 3.63) is 21.9 Å². The maximum Gasteiger partial charge on any atom is 0.304 e. The fourth-order valence-electron chi connectivity index (χ4n) is 2.70. The molecular formula is C11H15N5O2.